The zero-order valence-corrected chi connectivity index (χ0v) is 10.3. The Morgan fingerprint density at radius 3 is 2.50 bits per heavy atom. The molecule has 1 rings (SSSR count). The number of halogens is 1. The van der Waals surface area contributed by atoms with Crippen LogP contribution in [0, 0.1) is 0 Å². The molecule has 0 amide bonds. The minimum atomic E-state index is -0.234. The molecule has 0 atom stereocenters. The lowest BCUT2D eigenvalue weighted by Gasteiger charge is -2.26. The molecule has 0 aliphatic carbocycles. The third kappa shape index (κ3) is 5.26. The Hall–Kier alpha value is -0.890. The molecule has 0 spiro atoms. The predicted molar refractivity (Wildman–Crippen MR) is 67.4 cm³/mol. The highest BCUT2D eigenvalue weighted by atomic mass is 19.1. The Bertz CT molecular complexity index is 282. The summed E-state index contributed by atoms with van der Waals surface area (Å²) < 4.78 is 12.0. The maximum absolute atomic E-state index is 12.0. The van der Waals surface area contributed by atoms with E-state index < -0.39 is 0 Å². The molecular formula is C14H22FN. The topological polar surface area (TPSA) is 12.0 Å². The van der Waals surface area contributed by atoms with Crippen molar-refractivity contribution in [2.45, 2.75) is 38.6 Å². The molecule has 0 saturated heterocycles. The first-order chi connectivity index (χ1) is 7.64. The molecule has 1 N–H and O–H groups in total. The molecule has 0 aromatic heterocycles. The average molecular weight is 223 g/mol. The summed E-state index contributed by atoms with van der Waals surface area (Å²) in [5.74, 6) is 0. The van der Waals surface area contributed by atoms with E-state index in [0.29, 0.717) is 6.42 Å². The summed E-state index contributed by atoms with van der Waals surface area (Å²) in [4.78, 5) is 0. The van der Waals surface area contributed by atoms with Gasteiger partial charge in [0.1, 0.15) is 0 Å². The average Bonchev–Trinajstić information content (AvgIpc) is 2.28. The summed E-state index contributed by atoms with van der Waals surface area (Å²) in [6.07, 6.45) is 2.74. The van der Waals surface area contributed by atoms with Gasteiger partial charge in [0.15, 0.2) is 0 Å². The van der Waals surface area contributed by atoms with Crippen molar-refractivity contribution in [3.8, 4) is 0 Å². The van der Waals surface area contributed by atoms with Gasteiger partial charge in [0.25, 0.3) is 0 Å². The lowest BCUT2D eigenvalue weighted by atomic mass is 9.95. The van der Waals surface area contributed by atoms with E-state index in [1.165, 1.54) is 5.56 Å². The number of aryl methyl sites for hydroxylation is 1. The van der Waals surface area contributed by atoms with Gasteiger partial charge < -0.3 is 5.32 Å². The SMILES string of the molecule is CC(C)(CCc1ccccc1)NCCCF. The second-order valence-electron chi connectivity index (χ2n) is 4.84. The van der Waals surface area contributed by atoms with E-state index in [9.17, 15) is 4.39 Å². The lowest BCUT2D eigenvalue weighted by Crippen LogP contribution is -2.40. The van der Waals surface area contributed by atoms with Gasteiger partial charge in [-0.1, -0.05) is 30.3 Å². The lowest BCUT2D eigenvalue weighted by molar-refractivity contribution is 0.347. The normalized spacial score (nSPS) is 11.7. The van der Waals surface area contributed by atoms with Crippen molar-refractivity contribution in [2.75, 3.05) is 13.2 Å². The van der Waals surface area contributed by atoms with Crippen molar-refractivity contribution in [1.29, 1.82) is 0 Å². The summed E-state index contributed by atoms with van der Waals surface area (Å²) >= 11 is 0. The highest BCUT2D eigenvalue weighted by Crippen LogP contribution is 2.13. The van der Waals surface area contributed by atoms with Gasteiger partial charge in [0, 0.05) is 5.54 Å². The van der Waals surface area contributed by atoms with Crippen LogP contribution in [0.5, 0.6) is 0 Å². The number of hydrogen-bond acceptors (Lipinski definition) is 1. The van der Waals surface area contributed by atoms with E-state index in [1.807, 2.05) is 6.07 Å². The first kappa shape index (κ1) is 13.2. The molecule has 1 aromatic rings. The fourth-order valence-electron chi connectivity index (χ4n) is 1.68. The summed E-state index contributed by atoms with van der Waals surface area (Å²) in [6, 6.07) is 10.5. The molecule has 2 heteroatoms. The minimum absolute atomic E-state index is 0.0883. The van der Waals surface area contributed by atoms with Crippen LogP contribution in [0.15, 0.2) is 30.3 Å². The van der Waals surface area contributed by atoms with Crippen molar-refractivity contribution in [2.24, 2.45) is 0 Å². The van der Waals surface area contributed by atoms with Crippen molar-refractivity contribution < 1.29 is 4.39 Å². The number of nitrogens with one attached hydrogen (secondary N) is 1. The van der Waals surface area contributed by atoms with Crippen LogP contribution in [0.2, 0.25) is 0 Å². The first-order valence-electron chi connectivity index (χ1n) is 5.99. The Labute approximate surface area is 98.1 Å². The molecule has 0 radical (unpaired) electrons. The van der Waals surface area contributed by atoms with E-state index in [-0.39, 0.29) is 12.2 Å². The Morgan fingerprint density at radius 1 is 1.19 bits per heavy atom. The number of benzene rings is 1. The van der Waals surface area contributed by atoms with Gasteiger partial charge in [-0.25, -0.2) is 0 Å². The summed E-state index contributed by atoms with van der Waals surface area (Å²) in [5.41, 5.74) is 1.45. The van der Waals surface area contributed by atoms with Crippen molar-refractivity contribution >= 4 is 0 Å². The Balaban J connectivity index is 2.30. The van der Waals surface area contributed by atoms with Crippen LogP contribution < -0.4 is 5.32 Å². The van der Waals surface area contributed by atoms with E-state index in [2.05, 4.69) is 43.4 Å². The Kier molecular flexibility index (Phi) is 5.47. The number of rotatable bonds is 7. The molecule has 16 heavy (non-hydrogen) atoms. The monoisotopic (exact) mass is 223 g/mol. The summed E-state index contributed by atoms with van der Waals surface area (Å²) in [7, 11) is 0. The third-order valence-corrected chi connectivity index (χ3v) is 2.80. The van der Waals surface area contributed by atoms with E-state index in [0.717, 1.165) is 19.4 Å². The molecule has 1 nitrogen and oxygen atoms in total. The molecule has 90 valence electrons. The first-order valence-corrected chi connectivity index (χ1v) is 5.99. The van der Waals surface area contributed by atoms with Crippen molar-refractivity contribution in [3.05, 3.63) is 35.9 Å². The van der Waals surface area contributed by atoms with Crippen LogP contribution in [0.4, 0.5) is 4.39 Å². The molecule has 0 bridgehead atoms. The summed E-state index contributed by atoms with van der Waals surface area (Å²) in [5, 5.41) is 3.39. The third-order valence-electron chi connectivity index (χ3n) is 2.80. The molecule has 0 unspecified atom stereocenters. The van der Waals surface area contributed by atoms with Crippen molar-refractivity contribution in [1.82, 2.24) is 5.32 Å². The van der Waals surface area contributed by atoms with Gasteiger partial charge in [-0.15, -0.1) is 0 Å². The fraction of sp³-hybridized carbons (Fsp3) is 0.571. The smallest absolute Gasteiger partial charge is 0.0906 e. The maximum Gasteiger partial charge on any atom is 0.0906 e. The standard InChI is InChI=1S/C14H22FN/c1-14(2,16-12-6-11-15)10-9-13-7-4-3-5-8-13/h3-5,7-8,16H,6,9-12H2,1-2H3. The zero-order valence-electron chi connectivity index (χ0n) is 10.3. The zero-order chi connectivity index (χ0) is 11.9. The van der Waals surface area contributed by atoms with Gasteiger partial charge in [0.2, 0.25) is 0 Å². The number of hydrogen-bond donors (Lipinski definition) is 1. The molecule has 0 aliphatic rings. The second-order valence-corrected chi connectivity index (χ2v) is 4.84. The maximum atomic E-state index is 12.0. The van der Waals surface area contributed by atoms with Gasteiger partial charge in [-0.05, 0) is 45.2 Å². The van der Waals surface area contributed by atoms with Crippen molar-refractivity contribution in [3.63, 3.8) is 0 Å². The van der Waals surface area contributed by atoms with Crippen LogP contribution in [-0.4, -0.2) is 18.8 Å². The molecule has 0 saturated carbocycles. The predicted octanol–water partition coefficient (Wildman–Crippen LogP) is 3.35. The quantitative estimate of drug-likeness (QED) is 0.699. The van der Waals surface area contributed by atoms with Crippen LogP contribution in [0.25, 0.3) is 0 Å². The molecule has 1 aromatic carbocycles. The number of alkyl halides is 1. The molecule has 0 fully saturated rings. The van der Waals surface area contributed by atoms with E-state index in [1.54, 1.807) is 0 Å². The van der Waals surface area contributed by atoms with Gasteiger partial charge in [-0.2, -0.15) is 0 Å². The molecule has 0 aliphatic heterocycles. The fourth-order valence-corrected chi connectivity index (χ4v) is 1.68. The molecular weight excluding hydrogens is 201 g/mol. The molecule has 0 heterocycles. The van der Waals surface area contributed by atoms with Gasteiger partial charge in [-0.3, -0.25) is 4.39 Å². The minimum Gasteiger partial charge on any atom is -0.312 e. The highest BCUT2D eigenvalue weighted by molar-refractivity contribution is 5.15. The van der Waals surface area contributed by atoms with Gasteiger partial charge >= 0.3 is 0 Å². The highest BCUT2D eigenvalue weighted by Gasteiger charge is 2.15. The van der Waals surface area contributed by atoms with Crippen LogP contribution in [0.3, 0.4) is 0 Å². The second kappa shape index (κ2) is 6.64. The van der Waals surface area contributed by atoms with Crippen LogP contribution >= 0.6 is 0 Å². The largest absolute Gasteiger partial charge is 0.312 e. The van der Waals surface area contributed by atoms with E-state index >= 15 is 0 Å². The van der Waals surface area contributed by atoms with E-state index in [4.69, 9.17) is 0 Å². The summed E-state index contributed by atoms with van der Waals surface area (Å²) in [6.45, 7) is 4.88. The van der Waals surface area contributed by atoms with Crippen LogP contribution in [-0.2, 0) is 6.42 Å². The van der Waals surface area contributed by atoms with Crippen LogP contribution in [0.1, 0.15) is 32.3 Å². The Morgan fingerprint density at radius 2 is 1.88 bits per heavy atom. The van der Waals surface area contributed by atoms with Gasteiger partial charge in [0.05, 0.1) is 6.67 Å².